The van der Waals surface area contributed by atoms with Crippen LogP contribution < -0.4 is 0 Å². The van der Waals surface area contributed by atoms with Gasteiger partial charge in [0.15, 0.2) is 0 Å². The third-order valence-electron chi connectivity index (χ3n) is 2.20. The summed E-state index contributed by atoms with van der Waals surface area (Å²) in [6.07, 6.45) is 1.51. The molecule has 0 amide bonds. The van der Waals surface area contributed by atoms with Gasteiger partial charge in [0.25, 0.3) is 0 Å². The van der Waals surface area contributed by atoms with Gasteiger partial charge in [-0.05, 0) is 32.4 Å². The molecule has 3 nitrogen and oxygen atoms in total. The molecule has 0 radical (unpaired) electrons. The predicted molar refractivity (Wildman–Crippen MR) is 59.1 cm³/mol. The highest BCUT2D eigenvalue weighted by atomic mass is 28.4. The fourth-order valence-electron chi connectivity index (χ4n) is 1.53. The van der Waals surface area contributed by atoms with Crippen LogP contribution >= 0.6 is 0 Å². The molecule has 0 aliphatic heterocycles. The molecule has 14 heavy (non-hydrogen) atoms. The normalized spacial score (nSPS) is 11.3. The second kappa shape index (κ2) is 7.98. The van der Waals surface area contributed by atoms with Crippen molar-refractivity contribution in [2.24, 2.45) is 0 Å². The Bertz CT molecular complexity index is 173. The van der Waals surface area contributed by atoms with Crippen molar-refractivity contribution in [3.05, 3.63) is 0 Å². The summed E-state index contributed by atoms with van der Waals surface area (Å²) in [5.74, 6) is 0. The lowest BCUT2D eigenvalue weighted by molar-refractivity contribution is 0.183. The van der Waals surface area contributed by atoms with Crippen molar-refractivity contribution in [2.45, 2.75) is 45.7 Å². The topological polar surface area (TPSA) is 42.2 Å². The van der Waals surface area contributed by atoms with Crippen LogP contribution in [0.5, 0.6) is 0 Å². The van der Waals surface area contributed by atoms with Crippen molar-refractivity contribution in [3.8, 4) is 6.07 Å². The third kappa shape index (κ3) is 4.75. The van der Waals surface area contributed by atoms with Crippen LogP contribution in [0.1, 0.15) is 33.6 Å². The second-order valence-corrected chi connectivity index (χ2v) is 6.75. The molecule has 82 valence electrons. The fourth-order valence-corrected chi connectivity index (χ4v) is 4.43. The molecule has 0 aromatic rings. The standard InChI is InChI=1S/C10H21NO2Si/c1-4-12-14(6-3,13-5-2)10-8-7-9-11/h4-8,10H2,1-3H3. The molecule has 0 bridgehead atoms. The maximum absolute atomic E-state index is 8.48. The third-order valence-corrected chi connectivity index (χ3v) is 6.02. The molecule has 0 aromatic heterocycles. The van der Waals surface area contributed by atoms with E-state index in [9.17, 15) is 0 Å². The van der Waals surface area contributed by atoms with Gasteiger partial charge in [-0.15, -0.1) is 0 Å². The Hall–Kier alpha value is -0.373. The van der Waals surface area contributed by atoms with Crippen LogP contribution in [0.25, 0.3) is 0 Å². The zero-order valence-corrected chi connectivity index (χ0v) is 10.5. The molecule has 0 saturated carbocycles. The van der Waals surface area contributed by atoms with Crippen molar-refractivity contribution in [2.75, 3.05) is 13.2 Å². The summed E-state index contributed by atoms with van der Waals surface area (Å²) in [6.45, 7) is 7.55. The number of rotatable bonds is 8. The van der Waals surface area contributed by atoms with Gasteiger partial charge < -0.3 is 8.85 Å². The highest BCUT2D eigenvalue weighted by Gasteiger charge is 2.33. The van der Waals surface area contributed by atoms with Crippen LogP contribution in [0.2, 0.25) is 12.1 Å². The van der Waals surface area contributed by atoms with Crippen molar-refractivity contribution in [1.29, 1.82) is 5.26 Å². The van der Waals surface area contributed by atoms with E-state index in [4.69, 9.17) is 14.1 Å². The van der Waals surface area contributed by atoms with E-state index in [-0.39, 0.29) is 0 Å². The van der Waals surface area contributed by atoms with Gasteiger partial charge in [-0.2, -0.15) is 5.26 Å². The lowest BCUT2D eigenvalue weighted by Crippen LogP contribution is -2.41. The Morgan fingerprint density at radius 3 is 2.07 bits per heavy atom. The molecule has 0 aliphatic rings. The maximum Gasteiger partial charge on any atom is 0.337 e. The van der Waals surface area contributed by atoms with E-state index >= 15 is 0 Å². The van der Waals surface area contributed by atoms with Gasteiger partial charge in [0, 0.05) is 19.6 Å². The van der Waals surface area contributed by atoms with E-state index in [2.05, 4.69) is 13.0 Å². The van der Waals surface area contributed by atoms with E-state index in [1.54, 1.807) is 0 Å². The first kappa shape index (κ1) is 13.6. The van der Waals surface area contributed by atoms with Gasteiger partial charge in [0.1, 0.15) is 0 Å². The van der Waals surface area contributed by atoms with Crippen LogP contribution in [0, 0.1) is 11.3 Å². The summed E-state index contributed by atoms with van der Waals surface area (Å²) >= 11 is 0. The van der Waals surface area contributed by atoms with Crippen LogP contribution in [0.15, 0.2) is 0 Å². The monoisotopic (exact) mass is 215 g/mol. The molecule has 0 unspecified atom stereocenters. The smallest absolute Gasteiger partial charge is 0.337 e. The molecule has 0 aromatic carbocycles. The van der Waals surface area contributed by atoms with E-state index < -0.39 is 8.56 Å². The Kier molecular flexibility index (Phi) is 7.77. The van der Waals surface area contributed by atoms with Crippen LogP contribution in [0.3, 0.4) is 0 Å². The van der Waals surface area contributed by atoms with Gasteiger partial charge in [-0.3, -0.25) is 0 Å². The highest BCUT2D eigenvalue weighted by molar-refractivity contribution is 6.67. The highest BCUT2D eigenvalue weighted by Crippen LogP contribution is 2.21. The van der Waals surface area contributed by atoms with Gasteiger partial charge in [-0.1, -0.05) is 6.92 Å². The Labute approximate surface area is 88.3 Å². The largest absolute Gasteiger partial charge is 0.394 e. The number of nitrogens with zero attached hydrogens (tertiary/aromatic N) is 1. The number of hydrogen-bond donors (Lipinski definition) is 0. The summed E-state index contributed by atoms with van der Waals surface area (Å²) in [5, 5.41) is 8.48. The molecule has 0 rings (SSSR count). The Morgan fingerprint density at radius 1 is 1.14 bits per heavy atom. The lowest BCUT2D eigenvalue weighted by atomic mass is 10.4. The van der Waals surface area contributed by atoms with Crippen molar-refractivity contribution in [1.82, 2.24) is 0 Å². The van der Waals surface area contributed by atoms with Crippen molar-refractivity contribution < 1.29 is 8.85 Å². The molecule has 0 heterocycles. The quantitative estimate of drug-likeness (QED) is 0.462. The van der Waals surface area contributed by atoms with Gasteiger partial charge in [0.05, 0.1) is 6.07 Å². The Morgan fingerprint density at radius 2 is 1.71 bits per heavy atom. The van der Waals surface area contributed by atoms with Gasteiger partial charge in [0.2, 0.25) is 0 Å². The molecule has 0 aliphatic carbocycles. The lowest BCUT2D eigenvalue weighted by Gasteiger charge is -2.28. The first-order chi connectivity index (χ1) is 6.74. The molecule has 0 saturated heterocycles. The number of nitriles is 1. The first-order valence-corrected chi connectivity index (χ1v) is 7.62. The molecule has 0 atom stereocenters. The second-order valence-electron chi connectivity index (χ2n) is 3.14. The zero-order chi connectivity index (χ0) is 10.9. The van der Waals surface area contributed by atoms with Gasteiger partial charge >= 0.3 is 8.56 Å². The minimum atomic E-state index is -1.96. The van der Waals surface area contributed by atoms with Gasteiger partial charge in [-0.25, -0.2) is 0 Å². The average Bonchev–Trinajstić information content (AvgIpc) is 2.19. The molecular formula is C10H21NO2Si. The molecule has 0 N–H and O–H groups in total. The number of hydrogen-bond acceptors (Lipinski definition) is 3. The predicted octanol–water partition coefficient (Wildman–Crippen LogP) is 2.83. The van der Waals surface area contributed by atoms with Crippen LogP contribution in [0.4, 0.5) is 0 Å². The molecule has 0 fully saturated rings. The summed E-state index contributed by atoms with van der Waals surface area (Å²) in [4.78, 5) is 0. The summed E-state index contributed by atoms with van der Waals surface area (Å²) < 4.78 is 11.5. The number of unbranched alkanes of at least 4 members (excludes halogenated alkanes) is 1. The maximum atomic E-state index is 8.48. The average molecular weight is 215 g/mol. The fraction of sp³-hybridized carbons (Fsp3) is 0.900. The molecular weight excluding hydrogens is 194 g/mol. The minimum absolute atomic E-state index is 0.606. The molecule has 4 heteroatoms. The minimum Gasteiger partial charge on any atom is -0.394 e. The van der Waals surface area contributed by atoms with E-state index in [0.29, 0.717) is 19.6 Å². The van der Waals surface area contributed by atoms with E-state index in [1.165, 1.54) is 0 Å². The van der Waals surface area contributed by atoms with E-state index in [0.717, 1.165) is 18.5 Å². The SMILES string of the molecule is CCO[Si](CC)(CCCC#N)OCC. The van der Waals surface area contributed by atoms with Crippen molar-refractivity contribution in [3.63, 3.8) is 0 Å². The summed E-state index contributed by atoms with van der Waals surface area (Å²) in [7, 11) is -1.96. The Balaban J connectivity index is 4.11. The van der Waals surface area contributed by atoms with Crippen LogP contribution in [-0.2, 0) is 8.85 Å². The molecule has 0 spiro atoms. The summed E-state index contributed by atoms with van der Waals surface area (Å²) in [5.41, 5.74) is 0. The van der Waals surface area contributed by atoms with Crippen molar-refractivity contribution >= 4 is 8.56 Å². The van der Waals surface area contributed by atoms with E-state index in [1.807, 2.05) is 13.8 Å². The first-order valence-electron chi connectivity index (χ1n) is 5.39. The zero-order valence-electron chi connectivity index (χ0n) is 9.51. The summed E-state index contributed by atoms with van der Waals surface area (Å²) in [6, 6.07) is 4.08. The van der Waals surface area contributed by atoms with Crippen LogP contribution in [-0.4, -0.2) is 21.8 Å².